The molecule has 1 aromatic rings. The first-order valence-electron chi connectivity index (χ1n) is 6.94. The maximum absolute atomic E-state index is 11.3. The van der Waals surface area contributed by atoms with Crippen LogP contribution in [-0.2, 0) is 11.3 Å². The van der Waals surface area contributed by atoms with E-state index in [0.717, 1.165) is 12.8 Å². The molecule has 2 unspecified atom stereocenters. The molecule has 2 atom stereocenters. The van der Waals surface area contributed by atoms with Crippen molar-refractivity contribution >= 4 is 5.91 Å². The Kier molecular flexibility index (Phi) is 4.99. The fourth-order valence-corrected chi connectivity index (χ4v) is 2.71. The first kappa shape index (κ1) is 14.1. The lowest BCUT2D eigenvalue weighted by atomic mass is 9.85. The summed E-state index contributed by atoms with van der Waals surface area (Å²) in [6.07, 6.45) is 7.79. The van der Waals surface area contributed by atoms with Crippen molar-refractivity contribution in [3.8, 4) is 0 Å². The Hall–Kier alpha value is -1.33. The average molecular weight is 266 g/mol. The van der Waals surface area contributed by atoms with Crippen molar-refractivity contribution in [1.82, 2.24) is 5.43 Å². The van der Waals surface area contributed by atoms with Crippen molar-refractivity contribution in [2.24, 2.45) is 11.8 Å². The van der Waals surface area contributed by atoms with E-state index in [0.29, 0.717) is 30.0 Å². The Morgan fingerprint density at radius 3 is 3.05 bits per heavy atom. The van der Waals surface area contributed by atoms with Crippen LogP contribution in [0.15, 0.2) is 16.7 Å². The van der Waals surface area contributed by atoms with Crippen molar-refractivity contribution in [3.05, 3.63) is 23.7 Å². The van der Waals surface area contributed by atoms with E-state index in [1.165, 1.54) is 25.5 Å². The number of amides is 1. The second-order valence-electron chi connectivity index (χ2n) is 5.08. The van der Waals surface area contributed by atoms with Gasteiger partial charge in [-0.3, -0.25) is 10.2 Å². The Bertz CT molecular complexity index is 417. The maximum Gasteiger partial charge on any atom is 0.268 e. The number of carbonyl (C=O) groups excluding carboxylic acids is 1. The molecule has 0 radical (unpaired) electrons. The predicted octanol–water partition coefficient (Wildman–Crippen LogP) is 2.37. The Balaban J connectivity index is 1.87. The lowest BCUT2D eigenvalue weighted by Crippen LogP contribution is -2.29. The van der Waals surface area contributed by atoms with Crippen LogP contribution in [0, 0.1) is 5.92 Å². The largest absolute Gasteiger partial charge is 0.466 e. The number of nitrogen functional groups attached to an aromatic ring is 1. The monoisotopic (exact) mass is 266 g/mol. The van der Waals surface area contributed by atoms with Crippen LogP contribution in [0.25, 0.3) is 0 Å². The number of ether oxygens (including phenoxy) is 1. The summed E-state index contributed by atoms with van der Waals surface area (Å²) >= 11 is 0. The Labute approximate surface area is 113 Å². The Morgan fingerprint density at radius 1 is 1.53 bits per heavy atom. The van der Waals surface area contributed by atoms with E-state index >= 15 is 0 Å². The molecule has 106 valence electrons. The quantitative estimate of drug-likeness (QED) is 0.487. The van der Waals surface area contributed by atoms with Crippen molar-refractivity contribution < 1.29 is 13.9 Å². The van der Waals surface area contributed by atoms with Gasteiger partial charge in [0.25, 0.3) is 5.91 Å². The molecule has 0 spiro atoms. The van der Waals surface area contributed by atoms with Crippen molar-refractivity contribution in [2.45, 2.75) is 51.7 Å². The predicted molar refractivity (Wildman–Crippen MR) is 71.2 cm³/mol. The molecule has 5 nitrogen and oxygen atoms in total. The first-order chi connectivity index (χ1) is 9.24. The molecule has 1 aromatic heterocycles. The third-order valence-electron chi connectivity index (χ3n) is 3.85. The van der Waals surface area contributed by atoms with E-state index < -0.39 is 0 Å². The van der Waals surface area contributed by atoms with E-state index in [9.17, 15) is 4.79 Å². The van der Waals surface area contributed by atoms with Gasteiger partial charge in [-0.05, 0) is 24.8 Å². The zero-order valence-electron chi connectivity index (χ0n) is 11.4. The van der Waals surface area contributed by atoms with E-state index in [2.05, 4.69) is 12.3 Å². The van der Waals surface area contributed by atoms with Crippen molar-refractivity contribution in [1.29, 1.82) is 0 Å². The normalized spacial score (nSPS) is 23.3. The Morgan fingerprint density at radius 2 is 2.32 bits per heavy atom. The van der Waals surface area contributed by atoms with Crippen molar-refractivity contribution in [2.75, 3.05) is 0 Å². The molecular formula is C14H22N2O3. The van der Waals surface area contributed by atoms with Crippen LogP contribution in [0.2, 0.25) is 0 Å². The number of hydrazine groups is 1. The number of nitrogens with one attached hydrogen (secondary N) is 1. The summed E-state index contributed by atoms with van der Waals surface area (Å²) < 4.78 is 11.2. The molecule has 1 heterocycles. The van der Waals surface area contributed by atoms with Crippen LogP contribution in [0.5, 0.6) is 0 Å². The summed E-state index contributed by atoms with van der Waals surface area (Å²) in [7, 11) is 0. The molecule has 1 fully saturated rings. The van der Waals surface area contributed by atoms with Gasteiger partial charge in [-0.1, -0.05) is 26.2 Å². The van der Waals surface area contributed by atoms with Gasteiger partial charge in [-0.2, -0.15) is 0 Å². The van der Waals surface area contributed by atoms with Gasteiger partial charge >= 0.3 is 0 Å². The van der Waals surface area contributed by atoms with E-state index in [4.69, 9.17) is 15.0 Å². The van der Waals surface area contributed by atoms with Crippen LogP contribution in [-0.4, -0.2) is 12.0 Å². The lowest BCUT2D eigenvalue weighted by molar-refractivity contribution is -0.0283. The topological polar surface area (TPSA) is 77.5 Å². The molecule has 0 aliphatic heterocycles. The molecule has 1 saturated carbocycles. The van der Waals surface area contributed by atoms with Gasteiger partial charge < -0.3 is 9.15 Å². The van der Waals surface area contributed by atoms with Gasteiger partial charge in [-0.15, -0.1) is 0 Å². The fraction of sp³-hybridized carbons (Fsp3) is 0.643. The third-order valence-corrected chi connectivity index (χ3v) is 3.85. The molecular weight excluding hydrogens is 244 g/mol. The summed E-state index contributed by atoms with van der Waals surface area (Å²) in [5.41, 5.74) is 2.50. The maximum atomic E-state index is 11.3. The molecule has 1 amide bonds. The van der Waals surface area contributed by atoms with Gasteiger partial charge in [0, 0.05) is 0 Å². The minimum Gasteiger partial charge on any atom is -0.466 e. The summed E-state index contributed by atoms with van der Waals surface area (Å²) in [6.45, 7) is 2.63. The van der Waals surface area contributed by atoms with E-state index in [1.54, 1.807) is 6.07 Å². The second kappa shape index (κ2) is 6.73. The van der Waals surface area contributed by atoms with Gasteiger partial charge in [-0.25, -0.2) is 5.84 Å². The number of hydrogen-bond acceptors (Lipinski definition) is 4. The highest BCUT2D eigenvalue weighted by atomic mass is 16.5. The van der Waals surface area contributed by atoms with Gasteiger partial charge in [0.2, 0.25) is 0 Å². The molecule has 1 aliphatic rings. The molecule has 0 bridgehead atoms. The molecule has 5 heteroatoms. The van der Waals surface area contributed by atoms with Gasteiger partial charge in [0.1, 0.15) is 18.6 Å². The summed E-state index contributed by atoms with van der Waals surface area (Å²) in [5, 5.41) is 0. The van der Waals surface area contributed by atoms with Crippen LogP contribution < -0.4 is 11.3 Å². The number of rotatable bonds is 5. The summed E-state index contributed by atoms with van der Waals surface area (Å²) in [4.78, 5) is 11.3. The zero-order chi connectivity index (χ0) is 13.7. The number of furan rings is 1. The molecule has 3 N–H and O–H groups in total. The highest BCUT2D eigenvalue weighted by Crippen LogP contribution is 2.29. The molecule has 2 rings (SSSR count). The summed E-state index contributed by atoms with van der Waals surface area (Å²) in [5.74, 6) is 6.03. The minimum atomic E-state index is -0.348. The second-order valence-corrected chi connectivity index (χ2v) is 5.08. The smallest absolute Gasteiger partial charge is 0.268 e. The van der Waals surface area contributed by atoms with Crippen LogP contribution in [0.3, 0.4) is 0 Å². The number of hydrogen-bond donors (Lipinski definition) is 2. The molecule has 19 heavy (non-hydrogen) atoms. The summed E-state index contributed by atoms with van der Waals surface area (Å²) in [6, 6.07) is 1.67. The van der Waals surface area contributed by atoms with E-state index in [1.807, 2.05) is 0 Å². The zero-order valence-corrected chi connectivity index (χ0v) is 11.4. The number of carbonyl (C=O) groups is 1. The highest BCUT2D eigenvalue weighted by Gasteiger charge is 2.24. The van der Waals surface area contributed by atoms with Crippen LogP contribution in [0.4, 0.5) is 0 Å². The molecule has 1 aliphatic carbocycles. The van der Waals surface area contributed by atoms with Crippen molar-refractivity contribution in [3.63, 3.8) is 0 Å². The number of nitrogens with two attached hydrogens (primary N) is 1. The van der Waals surface area contributed by atoms with E-state index in [-0.39, 0.29) is 5.91 Å². The highest BCUT2D eigenvalue weighted by molar-refractivity contribution is 5.93. The van der Waals surface area contributed by atoms with Crippen LogP contribution >= 0.6 is 0 Å². The lowest BCUT2D eigenvalue weighted by Gasteiger charge is -2.30. The third kappa shape index (κ3) is 3.58. The average Bonchev–Trinajstić information content (AvgIpc) is 2.93. The SMILES string of the molecule is CCC1CCCCC1OCc1cc(C(=O)NN)co1. The van der Waals surface area contributed by atoms with Crippen LogP contribution in [0.1, 0.15) is 55.1 Å². The first-order valence-corrected chi connectivity index (χ1v) is 6.94. The van der Waals surface area contributed by atoms with Gasteiger partial charge in [0.15, 0.2) is 0 Å². The van der Waals surface area contributed by atoms with Gasteiger partial charge in [0.05, 0.1) is 11.7 Å². The fourth-order valence-electron chi connectivity index (χ4n) is 2.71. The molecule has 0 aromatic carbocycles. The standard InChI is InChI=1S/C14H22N2O3/c1-2-10-5-3-4-6-13(10)19-9-12-7-11(8-18-12)14(17)16-15/h7-8,10,13H,2-6,9,15H2,1H3,(H,16,17). The minimum absolute atomic E-state index is 0.315. The molecule has 0 saturated heterocycles.